The molecule has 0 rings (SSSR count). The Balaban J connectivity index is 4.78. The first kappa shape index (κ1) is 17.2. The number of rotatable bonds is 7. The van der Waals surface area contributed by atoms with E-state index in [2.05, 4.69) is 0 Å². The van der Waals surface area contributed by atoms with Crippen LogP contribution in [0.25, 0.3) is 0 Å². The third-order valence-electron chi connectivity index (χ3n) is 2.25. The molecule has 7 heteroatoms. The van der Waals surface area contributed by atoms with Crippen molar-refractivity contribution < 1.29 is 22.4 Å². The zero-order chi connectivity index (χ0) is 14.5. The summed E-state index contributed by atoms with van der Waals surface area (Å²) in [6, 6.07) is 0. The SMILES string of the molecule is CC(C)CN(CCN(C)C)C(=O)C(F)(F)C(F)F. The maximum absolute atomic E-state index is 13.0. The number of carbonyl (C=O) groups excluding carboxylic acids is 1. The van der Waals surface area contributed by atoms with Crippen LogP contribution in [0.4, 0.5) is 17.6 Å². The highest BCUT2D eigenvalue weighted by molar-refractivity contribution is 5.84. The highest BCUT2D eigenvalue weighted by atomic mass is 19.3. The predicted molar refractivity (Wildman–Crippen MR) is 60.9 cm³/mol. The number of amides is 1. The van der Waals surface area contributed by atoms with Crippen molar-refractivity contribution in [2.45, 2.75) is 26.2 Å². The summed E-state index contributed by atoms with van der Waals surface area (Å²) < 4.78 is 50.3. The van der Waals surface area contributed by atoms with E-state index in [1.54, 1.807) is 32.8 Å². The van der Waals surface area contributed by atoms with Gasteiger partial charge in [-0.15, -0.1) is 0 Å². The minimum absolute atomic E-state index is 0.00627. The van der Waals surface area contributed by atoms with Gasteiger partial charge in [-0.1, -0.05) is 13.8 Å². The molecule has 0 spiro atoms. The molecular formula is C11H20F4N2O. The summed E-state index contributed by atoms with van der Waals surface area (Å²) in [5.41, 5.74) is 0. The van der Waals surface area contributed by atoms with Crippen molar-refractivity contribution in [1.29, 1.82) is 0 Å². The fraction of sp³-hybridized carbons (Fsp3) is 0.909. The Morgan fingerprint density at radius 1 is 1.17 bits per heavy atom. The first-order chi connectivity index (χ1) is 8.09. The maximum Gasteiger partial charge on any atom is 0.383 e. The fourth-order valence-corrected chi connectivity index (χ4v) is 1.34. The molecule has 3 nitrogen and oxygen atoms in total. The number of halogens is 4. The summed E-state index contributed by atoms with van der Waals surface area (Å²) in [4.78, 5) is 13.9. The van der Waals surface area contributed by atoms with Gasteiger partial charge < -0.3 is 9.80 Å². The first-order valence-electron chi connectivity index (χ1n) is 5.69. The van der Waals surface area contributed by atoms with Crippen molar-refractivity contribution in [3.63, 3.8) is 0 Å². The highest BCUT2D eigenvalue weighted by Gasteiger charge is 2.51. The molecule has 0 unspecified atom stereocenters. The number of likely N-dealkylation sites (N-methyl/N-ethyl adjacent to an activating group) is 1. The van der Waals surface area contributed by atoms with E-state index in [9.17, 15) is 22.4 Å². The molecule has 1 amide bonds. The lowest BCUT2D eigenvalue weighted by Gasteiger charge is -2.29. The van der Waals surface area contributed by atoms with Crippen molar-refractivity contribution >= 4 is 5.91 Å². The van der Waals surface area contributed by atoms with Gasteiger partial charge in [0.2, 0.25) is 0 Å². The smallest absolute Gasteiger partial charge is 0.336 e. The van der Waals surface area contributed by atoms with E-state index in [0.717, 1.165) is 4.90 Å². The zero-order valence-electron chi connectivity index (χ0n) is 11.1. The number of nitrogens with zero attached hydrogens (tertiary/aromatic N) is 2. The molecule has 0 saturated carbocycles. The summed E-state index contributed by atoms with van der Waals surface area (Å²) in [7, 11) is 3.42. The lowest BCUT2D eigenvalue weighted by molar-refractivity contribution is -0.181. The third kappa shape index (κ3) is 5.20. The Morgan fingerprint density at radius 2 is 1.67 bits per heavy atom. The van der Waals surface area contributed by atoms with E-state index in [4.69, 9.17) is 0 Å². The van der Waals surface area contributed by atoms with Gasteiger partial charge >= 0.3 is 12.3 Å². The van der Waals surface area contributed by atoms with E-state index >= 15 is 0 Å². The molecule has 0 radical (unpaired) electrons. The maximum atomic E-state index is 13.0. The van der Waals surface area contributed by atoms with Crippen LogP contribution in [0.5, 0.6) is 0 Å². The Labute approximate surface area is 105 Å². The van der Waals surface area contributed by atoms with Crippen LogP contribution in [0, 0.1) is 5.92 Å². The number of carbonyl (C=O) groups is 1. The van der Waals surface area contributed by atoms with Crippen LogP contribution in [0.15, 0.2) is 0 Å². The molecule has 18 heavy (non-hydrogen) atoms. The Morgan fingerprint density at radius 3 is 2.00 bits per heavy atom. The quantitative estimate of drug-likeness (QED) is 0.661. The van der Waals surface area contributed by atoms with Gasteiger partial charge in [0.15, 0.2) is 0 Å². The van der Waals surface area contributed by atoms with E-state index in [1.165, 1.54) is 0 Å². The molecule has 0 aromatic rings. The van der Waals surface area contributed by atoms with Crippen LogP contribution < -0.4 is 0 Å². The number of hydrogen-bond acceptors (Lipinski definition) is 2. The van der Waals surface area contributed by atoms with Gasteiger partial charge in [0.05, 0.1) is 0 Å². The second-order valence-corrected chi connectivity index (χ2v) is 4.87. The molecule has 0 saturated heterocycles. The predicted octanol–water partition coefficient (Wildman–Crippen LogP) is 1.93. The minimum Gasteiger partial charge on any atom is -0.336 e. The molecule has 0 aliphatic heterocycles. The summed E-state index contributed by atoms with van der Waals surface area (Å²) in [5.74, 6) is -6.47. The van der Waals surface area contributed by atoms with Crippen molar-refractivity contribution in [3.05, 3.63) is 0 Å². The Hall–Kier alpha value is -0.850. The Bertz CT molecular complexity index is 270. The van der Waals surface area contributed by atoms with Crippen molar-refractivity contribution in [2.75, 3.05) is 33.7 Å². The average Bonchev–Trinajstić information content (AvgIpc) is 2.22. The molecular weight excluding hydrogens is 252 g/mol. The molecule has 0 heterocycles. The average molecular weight is 272 g/mol. The van der Waals surface area contributed by atoms with Crippen LogP contribution in [0.3, 0.4) is 0 Å². The van der Waals surface area contributed by atoms with E-state index in [-0.39, 0.29) is 19.0 Å². The lowest BCUT2D eigenvalue weighted by Crippen LogP contribution is -2.50. The second kappa shape index (κ2) is 6.92. The lowest BCUT2D eigenvalue weighted by atomic mass is 10.2. The largest absolute Gasteiger partial charge is 0.383 e. The van der Waals surface area contributed by atoms with Crippen LogP contribution >= 0.6 is 0 Å². The van der Waals surface area contributed by atoms with Gasteiger partial charge in [0.25, 0.3) is 5.91 Å². The van der Waals surface area contributed by atoms with E-state index in [1.807, 2.05) is 0 Å². The summed E-state index contributed by atoms with van der Waals surface area (Å²) in [6.07, 6.45) is -3.97. The second-order valence-electron chi connectivity index (χ2n) is 4.87. The van der Waals surface area contributed by atoms with Gasteiger partial charge in [-0.05, 0) is 20.0 Å². The van der Waals surface area contributed by atoms with Crippen molar-refractivity contribution in [1.82, 2.24) is 9.80 Å². The zero-order valence-corrected chi connectivity index (χ0v) is 11.1. The standard InChI is InChI=1S/C11H20F4N2O/c1-8(2)7-17(6-5-16(3)4)10(18)11(14,15)9(12)13/h8-9H,5-7H2,1-4H3. The van der Waals surface area contributed by atoms with E-state index < -0.39 is 18.3 Å². The van der Waals surface area contributed by atoms with Gasteiger partial charge in [-0.3, -0.25) is 4.79 Å². The number of alkyl halides is 4. The molecule has 0 atom stereocenters. The monoisotopic (exact) mass is 272 g/mol. The highest BCUT2D eigenvalue weighted by Crippen LogP contribution is 2.25. The van der Waals surface area contributed by atoms with Gasteiger partial charge in [0, 0.05) is 19.6 Å². The summed E-state index contributed by atoms with van der Waals surface area (Å²) in [6.45, 7) is 3.85. The minimum atomic E-state index is -4.61. The van der Waals surface area contributed by atoms with E-state index in [0.29, 0.717) is 6.54 Å². The fourth-order valence-electron chi connectivity index (χ4n) is 1.34. The van der Waals surface area contributed by atoms with Gasteiger partial charge in [0.1, 0.15) is 0 Å². The normalized spacial score (nSPS) is 12.6. The molecule has 0 fully saturated rings. The number of hydrogen-bond donors (Lipinski definition) is 0. The van der Waals surface area contributed by atoms with Crippen molar-refractivity contribution in [2.24, 2.45) is 5.92 Å². The van der Waals surface area contributed by atoms with Crippen molar-refractivity contribution in [3.8, 4) is 0 Å². The molecule has 0 aliphatic rings. The summed E-state index contributed by atoms with van der Waals surface area (Å²) in [5, 5.41) is 0. The molecule has 0 aromatic carbocycles. The first-order valence-corrected chi connectivity index (χ1v) is 5.69. The molecule has 0 N–H and O–H groups in total. The van der Waals surface area contributed by atoms with Crippen LogP contribution in [-0.2, 0) is 4.79 Å². The molecule has 0 aromatic heterocycles. The van der Waals surface area contributed by atoms with Gasteiger partial charge in [-0.25, -0.2) is 8.78 Å². The van der Waals surface area contributed by atoms with Crippen LogP contribution in [0.2, 0.25) is 0 Å². The molecule has 108 valence electrons. The van der Waals surface area contributed by atoms with Gasteiger partial charge in [-0.2, -0.15) is 8.78 Å². The molecule has 0 aliphatic carbocycles. The Kier molecular flexibility index (Phi) is 6.59. The topological polar surface area (TPSA) is 23.6 Å². The van der Waals surface area contributed by atoms with Crippen LogP contribution in [0.1, 0.15) is 13.8 Å². The summed E-state index contributed by atoms with van der Waals surface area (Å²) >= 11 is 0. The molecule has 0 bridgehead atoms. The van der Waals surface area contributed by atoms with Crippen LogP contribution in [-0.4, -0.2) is 61.8 Å². The third-order valence-corrected chi connectivity index (χ3v) is 2.25.